The Hall–Kier alpha value is -3.01. The molecule has 7 rings (SSSR count). The number of amides is 1. The number of carbonyl (C=O) groups excluding carboxylic acids is 3. The first kappa shape index (κ1) is 60.6. The first-order chi connectivity index (χ1) is 35.6. The highest BCUT2D eigenvalue weighted by molar-refractivity contribution is 6.74. The smallest absolute Gasteiger partial charge is 0.412 e. The molecule has 6 fully saturated rings. The molecule has 6 saturated heterocycles. The normalized spacial score (nSPS) is 36.1. The number of ether oxygens (including phenoxy) is 7. The fraction of sp³-hybridized carbons (Fsp3) is 0.762. The van der Waals surface area contributed by atoms with Crippen molar-refractivity contribution >= 4 is 26.5 Å². The molecule has 1 amide bonds. The van der Waals surface area contributed by atoms with E-state index in [0.717, 1.165) is 61.5 Å². The molecule has 0 aromatic heterocycles. The molecule has 12 nitrogen and oxygen atoms in total. The van der Waals surface area contributed by atoms with Crippen molar-refractivity contribution in [3.63, 3.8) is 0 Å². The number of hydrogen-bond acceptors (Lipinski definition) is 11. The zero-order chi connectivity index (χ0) is 55.7. The Labute approximate surface area is 459 Å². The first-order valence-corrected chi connectivity index (χ1v) is 32.2. The van der Waals surface area contributed by atoms with E-state index >= 15 is 4.79 Å². The number of aldehydes is 1. The molecule has 0 N–H and O–H groups in total. The van der Waals surface area contributed by atoms with Crippen LogP contribution in [0.3, 0.4) is 0 Å². The molecular weight excluding hydrogens is 975 g/mol. The summed E-state index contributed by atoms with van der Waals surface area (Å²) in [5.41, 5.74) is 1.58. The van der Waals surface area contributed by atoms with Crippen LogP contribution in [-0.4, -0.2) is 122 Å². The quantitative estimate of drug-likeness (QED) is 0.0746. The predicted molar refractivity (Wildman–Crippen MR) is 302 cm³/mol. The van der Waals surface area contributed by atoms with Gasteiger partial charge in [-0.25, -0.2) is 4.79 Å². The van der Waals surface area contributed by atoms with E-state index in [1.807, 2.05) is 52.8 Å². The van der Waals surface area contributed by atoms with Gasteiger partial charge >= 0.3 is 6.09 Å². The van der Waals surface area contributed by atoms with E-state index in [0.29, 0.717) is 32.2 Å². The molecule has 0 bridgehead atoms. The van der Waals surface area contributed by atoms with Crippen LogP contribution in [0.2, 0.25) is 18.1 Å². The minimum Gasteiger partial charge on any atom is -0.444 e. The first-order valence-electron chi connectivity index (χ1n) is 29.2. The Bertz CT molecular complexity index is 2180. The molecule has 0 aliphatic carbocycles. The summed E-state index contributed by atoms with van der Waals surface area (Å²) in [7, 11) is -2.11. The molecular formula is C63H99NO11Si. The Morgan fingerprint density at radius 1 is 0.829 bits per heavy atom. The van der Waals surface area contributed by atoms with E-state index in [2.05, 4.69) is 106 Å². The molecule has 6 aliphatic heterocycles. The molecule has 0 saturated carbocycles. The topological polar surface area (TPSA) is 128 Å². The van der Waals surface area contributed by atoms with Crippen LogP contribution in [0, 0.1) is 29.6 Å². The third kappa shape index (κ3) is 14.3. The molecule has 426 valence electrons. The SMILES string of the molecule is C=C1C[C@H](CCC=O)OC1CC[C@H]1C[C@@H](C)C(=C)C(C[C@@H]2OC(C[C@H]3CN(C(=O)OC(C)(C)C)C(C)(C)O3)[C@H](C)[C@H]2C(C(=O)C[C@H]2CC[C@@H]3O[C@@H]([C@H](/C=C/C)O[Si](C)(C)C(C)(C)C)[C@@H](C)[C@@H](C)[C@H]3O2)c2ccccc2)O1. The second-order valence-corrected chi connectivity index (χ2v) is 31.6. The van der Waals surface area contributed by atoms with Crippen LogP contribution in [0.15, 0.2) is 66.8 Å². The van der Waals surface area contributed by atoms with Gasteiger partial charge in [-0.2, -0.15) is 0 Å². The van der Waals surface area contributed by atoms with Gasteiger partial charge in [-0.15, -0.1) is 0 Å². The van der Waals surface area contributed by atoms with Gasteiger partial charge in [0.25, 0.3) is 0 Å². The molecule has 13 heteroatoms. The second-order valence-electron chi connectivity index (χ2n) is 26.9. The highest BCUT2D eigenvalue weighted by atomic mass is 28.4. The van der Waals surface area contributed by atoms with E-state index in [9.17, 15) is 9.59 Å². The van der Waals surface area contributed by atoms with Gasteiger partial charge in [-0.3, -0.25) is 9.69 Å². The third-order valence-corrected chi connectivity index (χ3v) is 23.1. The second kappa shape index (κ2) is 24.8. The van der Waals surface area contributed by atoms with Gasteiger partial charge in [0.2, 0.25) is 0 Å². The number of fused-ring (bicyclic) bond motifs is 1. The minimum atomic E-state index is -2.11. The molecule has 6 aliphatic rings. The lowest BCUT2D eigenvalue weighted by Crippen LogP contribution is -2.58. The van der Waals surface area contributed by atoms with Crippen LogP contribution in [0.25, 0.3) is 0 Å². The van der Waals surface area contributed by atoms with Gasteiger partial charge in [-0.1, -0.05) is 104 Å². The number of rotatable bonds is 19. The summed E-state index contributed by atoms with van der Waals surface area (Å²) in [5.74, 6) is -0.0239. The number of allylic oxidation sites excluding steroid dienone is 1. The van der Waals surface area contributed by atoms with Crippen LogP contribution < -0.4 is 0 Å². The lowest BCUT2D eigenvalue weighted by atomic mass is 9.70. The van der Waals surface area contributed by atoms with E-state index < -0.39 is 31.7 Å². The monoisotopic (exact) mass is 1070 g/mol. The summed E-state index contributed by atoms with van der Waals surface area (Å²) in [5, 5.41) is 0.0618. The number of Topliss-reactive ketones (excluding diaryl/α,β-unsaturated/α-hetero) is 1. The highest BCUT2D eigenvalue weighted by Crippen LogP contribution is 2.50. The van der Waals surface area contributed by atoms with Crippen molar-refractivity contribution in [3.8, 4) is 0 Å². The van der Waals surface area contributed by atoms with Gasteiger partial charge in [-0.05, 0) is 145 Å². The zero-order valence-corrected chi connectivity index (χ0v) is 50.3. The predicted octanol–water partition coefficient (Wildman–Crippen LogP) is 13.3. The molecule has 0 spiro atoms. The molecule has 18 atom stereocenters. The van der Waals surface area contributed by atoms with Crippen LogP contribution in [-0.2, 0) is 47.2 Å². The maximum atomic E-state index is 15.6. The number of benzene rings is 1. The summed E-state index contributed by atoms with van der Waals surface area (Å²) < 4.78 is 54.5. The van der Waals surface area contributed by atoms with Crippen LogP contribution in [0.5, 0.6) is 0 Å². The van der Waals surface area contributed by atoms with Gasteiger partial charge < -0.3 is 42.4 Å². The molecule has 1 aromatic rings. The summed E-state index contributed by atoms with van der Waals surface area (Å²) in [4.78, 5) is 42.0. The van der Waals surface area contributed by atoms with E-state index in [-0.39, 0.29) is 120 Å². The van der Waals surface area contributed by atoms with E-state index in [1.54, 1.807) is 4.90 Å². The maximum Gasteiger partial charge on any atom is 0.412 e. The number of nitrogens with zero attached hydrogens (tertiary/aromatic N) is 1. The molecule has 4 unspecified atom stereocenters. The summed E-state index contributed by atoms with van der Waals surface area (Å²) in [6.07, 6.45) is 10.2. The average molecular weight is 1070 g/mol. The largest absolute Gasteiger partial charge is 0.444 e. The number of carbonyl (C=O) groups is 3. The van der Waals surface area contributed by atoms with Gasteiger partial charge in [0, 0.05) is 37.5 Å². The van der Waals surface area contributed by atoms with Gasteiger partial charge in [0.15, 0.2) is 8.32 Å². The Morgan fingerprint density at radius 3 is 2.18 bits per heavy atom. The van der Waals surface area contributed by atoms with Crippen molar-refractivity contribution in [2.75, 3.05) is 6.54 Å². The van der Waals surface area contributed by atoms with Crippen molar-refractivity contribution < 1.29 is 52.0 Å². The number of hydrogen-bond donors (Lipinski definition) is 0. The standard InChI is InChI=1S/C63H99NO11Si/c1-18-23-52(75-76(16,17)62(11,12)13)59-42(6)41(5)58-51(72-59)30-28-47(70-58)34-49(66)57(44-24-20-19-21-25-44)56-43(7)53(35-48-37-64(63(14,15)73-48)60(67)74-61(8,9)10)71-55(56)36-54-40(4)38(2)32-46(69-54)27-29-50-39(3)33-45(68-50)26-22-31-65/h18-21,23-25,31,38,41-43,45-48,50-59H,3-4,22,26-30,32-37H2,1-2,5-17H3/b23-18+/t38-,41-,42+,43+,45+,46+,47-,48+,50?,51+,52+,53?,54?,55+,56-,57?,58-,59-/m1/s1. The minimum absolute atomic E-state index is 0.0151. The van der Waals surface area contributed by atoms with Crippen molar-refractivity contribution in [2.45, 2.75) is 269 Å². The highest BCUT2D eigenvalue weighted by Gasteiger charge is 2.54. The van der Waals surface area contributed by atoms with E-state index in [1.165, 1.54) is 0 Å². The molecule has 0 radical (unpaired) electrons. The van der Waals surface area contributed by atoms with Gasteiger partial charge in [0.1, 0.15) is 23.4 Å². The third-order valence-electron chi connectivity index (χ3n) is 18.6. The van der Waals surface area contributed by atoms with Crippen molar-refractivity contribution in [1.29, 1.82) is 0 Å². The fourth-order valence-electron chi connectivity index (χ4n) is 13.1. The average Bonchev–Trinajstić information content (AvgIpc) is 3.96. The lowest BCUT2D eigenvalue weighted by Gasteiger charge is -2.51. The molecule has 76 heavy (non-hydrogen) atoms. The zero-order valence-electron chi connectivity index (χ0n) is 49.3. The van der Waals surface area contributed by atoms with Crippen LogP contribution >= 0.6 is 0 Å². The molecule has 6 heterocycles. The van der Waals surface area contributed by atoms with E-state index in [4.69, 9.17) is 37.6 Å². The van der Waals surface area contributed by atoms with Crippen LogP contribution in [0.4, 0.5) is 4.79 Å². The fourth-order valence-corrected chi connectivity index (χ4v) is 14.4. The summed E-state index contributed by atoms with van der Waals surface area (Å²) >= 11 is 0. The maximum absolute atomic E-state index is 15.6. The Balaban J connectivity index is 1.12. The van der Waals surface area contributed by atoms with Crippen molar-refractivity contribution in [2.24, 2.45) is 29.6 Å². The Morgan fingerprint density at radius 2 is 1.53 bits per heavy atom. The van der Waals surface area contributed by atoms with Crippen molar-refractivity contribution in [1.82, 2.24) is 4.90 Å². The Kier molecular flexibility index (Phi) is 19.8. The van der Waals surface area contributed by atoms with Crippen LogP contribution in [0.1, 0.15) is 172 Å². The molecule has 1 aromatic carbocycles. The van der Waals surface area contributed by atoms with Crippen molar-refractivity contribution in [3.05, 3.63) is 72.4 Å². The number of ketones is 1. The van der Waals surface area contributed by atoms with Gasteiger partial charge in [0.05, 0.1) is 79.8 Å². The summed E-state index contributed by atoms with van der Waals surface area (Å²) in [6.45, 7) is 41.3. The summed E-state index contributed by atoms with van der Waals surface area (Å²) in [6, 6.07) is 10.3. The lowest BCUT2D eigenvalue weighted by molar-refractivity contribution is -0.237.